The van der Waals surface area contributed by atoms with Crippen LogP contribution >= 0.6 is 0 Å². The molecule has 0 saturated carbocycles. The van der Waals surface area contributed by atoms with Gasteiger partial charge in [-0.2, -0.15) is 13.2 Å². The van der Waals surface area contributed by atoms with Crippen LogP contribution in [-0.4, -0.2) is 51.9 Å². The summed E-state index contributed by atoms with van der Waals surface area (Å²) >= 11 is 0. The second kappa shape index (κ2) is 7.27. The van der Waals surface area contributed by atoms with Crippen LogP contribution in [0.25, 0.3) is 0 Å². The monoisotopic (exact) mass is 396 g/mol. The zero-order valence-electron chi connectivity index (χ0n) is 15.7. The van der Waals surface area contributed by atoms with Crippen molar-refractivity contribution in [1.29, 1.82) is 0 Å². The molecule has 2 aliphatic heterocycles. The van der Waals surface area contributed by atoms with Crippen LogP contribution in [0.2, 0.25) is 0 Å². The molecule has 0 N–H and O–H groups in total. The maximum Gasteiger partial charge on any atom is 0.449 e. The van der Waals surface area contributed by atoms with Crippen molar-refractivity contribution in [3.63, 3.8) is 0 Å². The number of carbonyl (C=O) groups is 1. The van der Waals surface area contributed by atoms with Gasteiger partial charge in [0.1, 0.15) is 0 Å². The Morgan fingerprint density at radius 3 is 2.64 bits per heavy atom. The van der Waals surface area contributed by atoms with Crippen molar-refractivity contribution in [2.45, 2.75) is 44.4 Å². The molecule has 9 heteroatoms. The van der Waals surface area contributed by atoms with Gasteiger partial charge in [0.15, 0.2) is 0 Å². The topological polar surface area (TPSA) is 54.5 Å². The first kappa shape index (κ1) is 19.0. The Bertz CT molecular complexity index is 836. The molecular weight excluding hydrogens is 373 g/mol. The fourth-order valence-electron chi connectivity index (χ4n) is 4.11. The molecule has 0 unspecified atom stereocenters. The molecule has 4 heterocycles. The van der Waals surface area contributed by atoms with Crippen LogP contribution in [0, 0.1) is 0 Å². The Hall–Kier alpha value is -2.29. The predicted octanol–water partition coefficient (Wildman–Crippen LogP) is 2.89. The Balaban J connectivity index is 1.61. The van der Waals surface area contributed by atoms with Crippen molar-refractivity contribution >= 4 is 5.91 Å². The molecule has 0 spiro atoms. The number of carbonyl (C=O) groups excluding carboxylic acids is 1. The third-order valence-corrected chi connectivity index (χ3v) is 5.68. The number of rotatable bonds is 3. The van der Waals surface area contributed by atoms with Crippen LogP contribution < -0.4 is 0 Å². The van der Waals surface area contributed by atoms with Gasteiger partial charge in [-0.25, -0.2) is 4.98 Å². The average molecular weight is 396 g/mol. The molecule has 152 valence electrons. The van der Waals surface area contributed by atoms with E-state index in [0.29, 0.717) is 11.4 Å². The van der Waals surface area contributed by atoms with Gasteiger partial charge in [0, 0.05) is 19.0 Å². The number of aromatic nitrogens is 2. The summed E-state index contributed by atoms with van der Waals surface area (Å²) in [7, 11) is 2.01. The van der Waals surface area contributed by atoms with Crippen LogP contribution in [0.4, 0.5) is 13.2 Å². The maximum atomic E-state index is 13.5. The third kappa shape index (κ3) is 3.67. The molecule has 6 nitrogen and oxygen atoms in total. The third-order valence-electron chi connectivity index (χ3n) is 5.68. The van der Waals surface area contributed by atoms with Crippen LogP contribution in [-0.2, 0) is 30.5 Å². The number of nitrogens with zero attached hydrogens (tertiary/aromatic N) is 4. The second-order valence-corrected chi connectivity index (χ2v) is 7.62. The zero-order chi connectivity index (χ0) is 19.9. The Kier molecular flexibility index (Phi) is 4.95. The first-order valence-electron chi connectivity index (χ1n) is 9.47. The lowest BCUT2D eigenvalue weighted by atomic mass is 9.92. The van der Waals surface area contributed by atoms with Crippen molar-refractivity contribution in [2.24, 2.45) is 0 Å². The Morgan fingerprint density at radius 2 is 2.00 bits per heavy atom. The molecule has 1 saturated heterocycles. The van der Waals surface area contributed by atoms with Crippen LogP contribution in [0.3, 0.4) is 0 Å². The number of fused-ring (bicyclic) bond motifs is 1. The molecule has 0 aliphatic carbocycles. The summed E-state index contributed by atoms with van der Waals surface area (Å²) in [4.78, 5) is 20.5. The number of furan rings is 1. The molecule has 1 fully saturated rings. The molecular formula is C19H23F3N4O2. The number of piperidine rings is 1. The van der Waals surface area contributed by atoms with E-state index in [0.717, 1.165) is 31.5 Å². The molecule has 2 aromatic rings. The fraction of sp³-hybridized carbons (Fsp3) is 0.579. The van der Waals surface area contributed by atoms with Gasteiger partial charge >= 0.3 is 6.18 Å². The molecule has 0 aromatic carbocycles. The largest absolute Gasteiger partial charge is 0.472 e. The summed E-state index contributed by atoms with van der Waals surface area (Å²) < 4.78 is 46.9. The van der Waals surface area contributed by atoms with Crippen molar-refractivity contribution in [1.82, 2.24) is 19.4 Å². The van der Waals surface area contributed by atoms with Gasteiger partial charge in [-0.15, -0.1) is 0 Å². The van der Waals surface area contributed by atoms with Crippen LogP contribution in [0.15, 0.2) is 23.0 Å². The summed E-state index contributed by atoms with van der Waals surface area (Å²) in [6, 6.07) is 1.72. The van der Waals surface area contributed by atoms with E-state index in [1.165, 1.54) is 17.1 Å². The van der Waals surface area contributed by atoms with E-state index < -0.39 is 12.0 Å². The summed E-state index contributed by atoms with van der Waals surface area (Å²) in [5, 5.41) is 0. The fourth-order valence-corrected chi connectivity index (χ4v) is 4.11. The molecule has 2 aromatic heterocycles. The minimum absolute atomic E-state index is 0.00234. The lowest BCUT2D eigenvalue weighted by Gasteiger charge is -2.32. The van der Waals surface area contributed by atoms with E-state index in [4.69, 9.17) is 4.42 Å². The SMILES string of the molecule is CN1CCC(c2nc(C(F)(F)F)n3c2CN(C(=O)Cc2ccoc2)CC3)CC1. The highest BCUT2D eigenvalue weighted by Gasteiger charge is 2.41. The summed E-state index contributed by atoms with van der Waals surface area (Å²) in [6.45, 7) is 2.20. The maximum absolute atomic E-state index is 13.5. The highest BCUT2D eigenvalue weighted by atomic mass is 19.4. The summed E-state index contributed by atoms with van der Waals surface area (Å²) in [5.41, 5.74) is 1.81. The number of likely N-dealkylation sites (tertiary alicyclic amines) is 1. The summed E-state index contributed by atoms with van der Waals surface area (Å²) in [5.74, 6) is -0.951. The van der Waals surface area contributed by atoms with E-state index in [2.05, 4.69) is 9.88 Å². The van der Waals surface area contributed by atoms with Gasteiger partial charge in [0.05, 0.1) is 36.9 Å². The summed E-state index contributed by atoms with van der Waals surface area (Å²) in [6.07, 6.45) is 0.253. The molecule has 0 atom stereocenters. The molecule has 0 radical (unpaired) electrons. The zero-order valence-corrected chi connectivity index (χ0v) is 15.7. The second-order valence-electron chi connectivity index (χ2n) is 7.62. The van der Waals surface area contributed by atoms with Crippen LogP contribution in [0.1, 0.15) is 41.5 Å². The van der Waals surface area contributed by atoms with Crippen molar-refractivity contribution < 1.29 is 22.4 Å². The number of amides is 1. The van der Waals surface area contributed by atoms with Gasteiger partial charge in [-0.3, -0.25) is 4.79 Å². The van der Waals surface area contributed by atoms with Gasteiger partial charge in [-0.05, 0) is 44.6 Å². The Labute approximate surface area is 160 Å². The molecule has 2 aliphatic rings. The first-order chi connectivity index (χ1) is 13.3. The minimum Gasteiger partial charge on any atom is -0.472 e. The van der Waals surface area contributed by atoms with Crippen molar-refractivity contribution in [3.8, 4) is 0 Å². The number of imidazole rings is 1. The molecule has 0 bridgehead atoms. The number of halogens is 3. The van der Waals surface area contributed by atoms with Crippen molar-refractivity contribution in [2.75, 3.05) is 26.7 Å². The van der Waals surface area contributed by atoms with E-state index in [9.17, 15) is 18.0 Å². The minimum atomic E-state index is -4.50. The van der Waals surface area contributed by atoms with E-state index in [-0.39, 0.29) is 37.9 Å². The average Bonchev–Trinajstić information content (AvgIpc) is 3.29. The van der Waals surface area contributed by atoms with Crippen molar-refractivity contribution in [3.05, 3.63) is 41.4 Å². The standard InChI is InChI=1S/C19H23F3N4O2/c1-24-5-2-14(3-6-24)17-15-11-25(16(27)10-13-4-9-28-12-13)7-8-26(15)18(23-17)19(20,21)22/h4,9,12,14H,2-3,5-8,10-11H2,1H3. The number of hydrogen-bond acceptors (Lipinski definition) is 4. The number of alkyl halides is 3. The van der Waals surface area contributed by atoms with Gasteiger partial charge in [-0.1, -0.05) is 0 Å². The smallest absolute Gasteiger partial charge is 0.449 e. The first-order valence-corrected chi connectivity index (χ1v) is 9.47. The van der Waals surface area contributed by atoms with E-state index in [1.807, 2.05) is 7.05 Å². The van der Waals surface area contributed by atoms with Crippen LogP contribution in [0.5, 0.6) is 0 Å². The predicted molar refractivity (Wildman–Crippen MR) is 94.5 cm³/mol. The van der Waals surface area contributed by atoms with Gasteiger partial charge in [0.25, 0.3) is 0 Å². The number of hydrogen-bond donors (Lipinski definition) is 0. The molecule has 4 rings (SSSR count). The van der Waals surface area contributed by atoms with Gasteiger partial charge < -0.3 is 18.8 Å². The molecule has 28 heavy (non-hydrogen) atoms. The lowest BCUT2D eigenvalue weighted by molar-refractivity contribution is -0.148. The quantitative estimate of drug-likeness (QED) is 0.801. The normalized spacial score (nSPS) is 19.1. The lowest BCUT2D eigenvalue weighted by Crippen LogP contribution is -2.40. The Morgan fingerprint density at radius 1 is 1.25 bits per heavy atom. The van der Waals surface area contributed by atoms with E-state index >= 15 is 0 Å². The van der Waals surface area contributed by atoms with E-state index in [1.54, 1.807) is 11.0 Å². The molecule has 1 amide bonds. The highest BCUT2D eigenvalue weighted by Crippen LogP contribution is 2.37. The highest BCUT2D eigenvalue weighted by molar-refractivity contribution is 5.78. The van der Waals surface area contributed by atoms with Gasteiger partial charge in [0.2, 0.25) is 11.7 Å².